The van der Waals surface area contributed by atoms with E-state index in [1.807, 2.05) is 0 Å². The van der Waals surface area contributed by atoms with Crippen LogP contribution in [0.1, 0.15) is 36.4 Å². The Labute approximate surface area is 159 Å². The summed E-state index contributed by atoms with van der Waals surface area (Å²) in [6, 6.07) is -0.984. The number of methoxy groups -OCH3 is 1. The second kappa shape index (κ2) is 6.66. The lowest BCUT2D eigenvalue weighted by atomic mass is 9.71. The molecule has 152 valence electrons. The Kier molecular flexibility index (Phi) is 4.54. The number of aryl methyl sites for hydroxylation is 1. The van der Waals surface area contributed by atoms with Crippen molar-refractivity contribution < 1.29 is 13.5 Å². The highest BCUT2D eigenvalue weighted by molar-refractivity contribution is 5.89. The maximum absolute atomic E-state index is 15.7. The number of benzene rings is 1. The first-order valence-corrected chi connectivity index (χ1v) is 9.44. The summed E-state index contributed by atoms with van der Waals surface area (Å²) in [5.41, 5.74) is 4.93. The minimum absolute atomic E-state index is 0.00248. The van der Waals surface area contributed by atoms with E-state index in [-0.39, 0.29) is 22.7 Å². The van der Waals surface area contributed by atoms with Crippen molar-refractivity contribution in [1.29, 1.82) is 0 Å². The third-order valence-corrected chi connectivity index (χ3v) is 6.20. The summed E-state index contributed by atoms with van der Waals surface area (Å²) >= 11 is 0. The molecule has 1 saturated heterocycles. The van der Waals surface area contributed by atoms with Crippen LogP contribution in [-0.2, 0) is 5.41 Å². The molecule has 2 aliphatic rings. The number of nitrogens with one attached hydrogen (secondary N) is 2. The maximum Gasteiger partial charge on any atom is 0.329 e. The van der Waals surface area contributed by atoms with Gasteiger partial charge >= 0.3 is 5.69 Å². The fraction of sp³-hybridized carbons (Fsp3) is 0.579. The molecule has 0 radical (unpaired) electrons. The number of nitrogens with two attached hydrogens (primary N) is 1. The van der Waals surface area contributed by atoms with Crippen molar-refractivity contribution in [3.05, 3.63) is 37.8 Å². The maximum atomic E-state index is 15.7. The number of aromatic nitrogens is 2. The highest BCUT2D eigenvalue weighted by Gasteiger charge is 2.46. The quantitative estimate of drug-likeness (QED) is 0.703. The largest absolute Gasteiger partial charge is 0.493 e. The zero-order valence-electron chi connectivity index (χ0n) is 15.9. The molecule has 2 aromatic rings. The molecular formula is C19H24F2N4O3. The van der Waals surface area contributed by atoms with Gasteiger partial charge in [-0.25, -0.2) is 13.6 Å². The van der Waals surface area contributed by atoms with Crippen molar-refractivity contribution in [3.8, 4) is 5.75 Å². The molecule has 0 bridgehead atoms. The first-order valence-electron chi connectivity index (χ1n) is 9.44. The van der Waals surface area contributed by atoms with Crippen LogP contribution in [0.4, 0.5) is 8.78 Å². The Hall–Kier alpha value is -2.26. The van der Waals surface area contributed by atoms with Crippen molar-refractivity contribution in [3.63, 3.8) is 0 Å². The lowest BCUT2D eigenvalue weighted by Gasteiger charge is -2.36. The van der Waals surface area contributed by atoms with Crippen molar-refractivity contribution >= 4 is 10.9 Å². The summed E-state index contributed by atoms with van der Waals surface area (Å²) in [4.78, 5) is 27.4. The monoisotopic (exact) mass is 394 g/mol. The number of rotatable bonds is 5. The van der Waals surface area contributed by atoms with E-state index in [2.05, 4.69) is 10.3 Å². The van der Waals surface area contributed by atoms with E-state index in [0.717, 1.165) is 12.8 Å². The van der Waals surface area contributed by atoms with Gasteiger partial charge in [-0.15, -0.1) is 0 Å². The highest BCUT2D eigenvalue weighted by atomic mass is 19.1. The summed E-state index contributed by atoms with van der Waals surface area (Å²) in [7, 11) is 1.28. The predicted octanol–water partition coefficient (Wildman–Crippen LogP) is 1.01. The minimum atomic E-state index is -0.989. The number of ether oxygens (including phenoxy) is 1. The van der Waals surface area contributed by atoms with Crippen LogP contribution >= 0.6 is 0 Å². The molecule has 9 heteroatoms. The van der Waals surface area contributed by atoms with Crippen molar-refractivity contribution in [2.45, 2.75) is 43.7 Å². The third kappa shape index (κ3) is 2.52. The number of halogens is 2. The van der Waals surface area contributed by atoms with Crippen LogP contribution in [0.2, 0.25) is 0 Å². The minimum Gasteiger partial charge on any atom is -0.493 e. The second-order valence-corrected chi connectivity index (χ2v) is 7.78. The Morgan fingerprint density at radius 2 is 2.11 bits per heavy atom. The van der Waals surface area contributed by atoms with Gasteiger partial charge in [0.05, 0.1) is 12.6 Å². The Bertz CT molecular complexity index is 1050. The highest BCUT2D eigenvalue weighted by Crippen LogP contribution is 2.45. The summed E-state index contributed by atoms with van der Waals surface area (Å²) in [5.74, 6) is -0.949. The number of hydrogen-bond donors (Lipinski definition) is 3. The molecule has 2 fully saturated rings. The molecule has 1 aliphatic heterocycles. The molecule has 2 atom stereocenters. The molecule has 1 aliphatic carbocycles. The normalized spacial score (nSPS) is 23.3. The molecule has 1 saturated carbocycles. The number of alkyl halides is 1. The van der Waals surface area contributed by atoms with Crippen molar-refractivity contribution in [2.24, 2.45) is 5.73 Å². The van der Waals surface area contributed by atoms with Crippen LogP contribution in [0.25, 0.3) is 10.9 Å². The number of nitrogens with zero attached hydrogens (tertiary/aromatic N) is 1. The van der Waals surface area contributed by atoms with E-state index in [1.54, 1.807) is 6.92 Å². The number of hydrogen-bond acceptors (Lipinski definition) is 5. The van der Waals surface area contributed by atoms with Crippen LogP contribution in [0.5, 0.6) is 5.75 Å². The summed E-state index contributed by atoms with van der Waals surface area (Å²) in [6.45, 7) is 1.73. The molecule has 2 heterocycles. The van der Waals surface area contributed by atoms with Crippen molar-refractivity contribution in [1.82, 2.24) is 14.9 Å². The van der Waals surface area contributed by atoms with E-state index in [4.69, 9.17) is 10.5 Å². The number of aromatic amines is 1. The zero-order valence-corrected chi connectivity index (χ0v) is 15.9. The fourth-order valence-corrected chi connectivity index (χ4v) is 4.67. The molecule has 28 heavy (non-hydrogen) atoms. The molecule has 4 rings (SSSR count). The molecule has 4 N–H and O–H groups in total. The Balaban J connectivity index is 2.18. The van der Waals surface area contributed by atoms with E-state index in [0.29, 0.717) is 30.6 Å². The Morgan fingerprint density at radius 3 is 2.64 bits per heavy atom. The second-order valence-electron chi connectivity index (χ2n) is 7.78. The van der Waals surface area contributed by atoms with Crippen molar-refractivity contribution in [2.75, 3.05) is 26.9 Å². The van der Waals surface area contributed by atoms with Gasteiger partial charge in [0.2, 0.25) is 0 Å². The molecule has 0 amide bonds. The summed E-state index contributed by atoms with van der Waals surface area (Å²) in [5, 5.41) is 3.15. The lowest BCUT2D eigenvalue weighted by Crippen LogP contribution is -2.49. The van der Waals surface area contributed by atoms with Gasteiger partial charge in [0.15, 0.2) is 11.6 Å². The van der Waals surface area contributed by atoms with Crippen LogP contribution < -0.4 is 27.0 Å². The van der Waals surface area contributed by atoms with Crippen LogP contribution in [0.3, 0.4) is 0 Å². The first kappa shape index (κ1) is 19.1. The van der Waals surface area contributed by atoms with Gasteiger partial charge in [0, 0.05) is 29.6 Å². The number of H-pyrrole nitrogens is 1. The van der Waals surface area contributed by atoms with Crippen LogP contribution in [-0.4, -0.2) is 42.5 Å². The van der Waals surface area contributed by atoms with Gasteiger partial charge in [-0.05, 0) is 38.3 Å². The van der Waals surface area contributed by atoms with Gasteiger partial charge in [-0.2, -0.15) is 0 Å². The standard InChI is InChI=1S/C19H24F2N4O3/c1-9-13(19(11(22)7-20)5-6-23-8-19)14(21)16(28-2)12-15(9)25(10-3-4-10)18(27)24-17(12)26/h10-11,23H,3-8,22H2,1-2H3,(H,24,26,27). The molecule has 2 unspecified atom stereocenters. The molecular weight excluding hydrogens is 370 g/mol. The molecule has 1 aromatic carbocycles. The number of fused-ring (bicyclic) bond motifs is 1. The van der Waals surface area contributed by atoms with E-state index < -0.39 is 35.2 Å². The molecule has 1 aromatic heterocycles. The van der Waals surface area contributed by atoms with Crippen LogP contribution in [0, 0.1) is 12.7 Å². The van der Waals surface area contributed by atoms with Gasteiger partial charge in [-0.3, -0.25) is 14.3 Å². The van der Waals surface area contributed by atoms with Gasteiger partial charge < -0.3 is 15.8 Å². The smallest absolute Gasteiger partial charge is 0.329 e. The summed E-state index contributed by atoms with van der Waals surface area (Å²) < 4.78 is 36.2. The molecule has 7 nitrogen and oxygen atoms in total. The van der Waals surface area contributed by atoms with Crippen LogP contribution in [0.15, 0.2) is 9.59 Å². The van der Waals surface area contributed by atoms with Gasteiger partial charge in [0.1, 0.15) is 12.1 Å². The average molecular weight is 394 g/mol. The third-order valence-electron chi connectivity index (χ3n) is 6.20. The topological polar surface area (TPSA) is 102 Å². The van der Waals surface area contributed by atoms with E-state index in [1.165, 1.54) is 11.7 Å². The predicted molar refractivity (Wildman–Crippen MR) is 101 cm³/mol. The molecule has 0 spiro atoms. The van der Waals surface area contributed by atoms with E-state index >= 15 is 4.39 Å². The fourth-order valence-electron chi connectivity index (χ4n) is 4.67. The van der Waals surface area contributed by atoms with Gasteiger partial charge in [-0.1, -0.05) is 0 Å². The average Bonchev–Trinajstić information content (AvgIpc) is 3.38. The Morgan fingerprint density at radius 1 is 1.39 bits per heavy atom. The lowest BCUT2D eigenvalue weighted by molar-refractivity contribution is 0.289. The summed E-state index contributed by atoms with van der Waals surface area (Å²) in [6.07, 6.45) is 2.04. The first-order chi connectivity index (χ1) is 13.4. The zero-order chi connectivity index (χ0) is 20.2. The SMILES string of the molecule is COc1c(F)c(C2(C(N)CF)CCNC2)c(C)c2c1c(=O)[nH]c(=O)n2C1CC1. The van der Waals surface area contributed by atoms with E-state index in [9.17, 15) is 14.0 Å². The van der Waals surface area contributed by atoms with Gasteiger partial charge in [0.25, 0.3) is 5.56 Å².